The summed E-state index contributed by atoms with van der Waals surface area (Å²) < 4.78 is 16.0. The third-order valence-electron chi connectivity index (χ3n) is 4.03. The molecule has 0 aromatic heterocycles. The second-order valence-corrected chi connectivity index (χ2v) is 5.13. The smallest absolute Gasteiger partial charge is 0.343 e. The molecule has 1 atom stereocenters. The van der Waals surface area contributed by atoms with E-state index in [4.69, 9.17) is 14.2 Å². The Balaban J connectivity index is 2.44. The number of ether oxygens (including phenoxy) is 3. The van der Waals surface area contributed by atoms with Crippen LogP contribution in [0.3, 0.4) is 0 Å². The summed E-state index contributed by atoms with van der Waals surface area (Å²) in [5.41, 5.74) is -0.210. The van der Waals surface area contributed by atoms with E-state index < -0.39 is 5.60 Å². The van der Waals surface area contributed by atoms with Crippen molar-refractivity contribution in [2.45, 2.75) is 31.3 Å². The Morgan fingerprint density at radius 1 is 1.20 bits per heavy atom. The molecule has 110 valence electrons. The molecule has 0 radical (unpaired) electrons. The standard InChI is InChI=1S/C16H22O4/c1-18-12-20-16(15(17)19-2,14-10-6-7-11-14)13-8-4-3-5-9-13/h3-5,8-9,14H,6-7,10-12H2,1-2H3. The van der Waals surface area contributed by atoms with Crippen LogP contribution >= 0.6 is 0 Å². The largest absolute Gasteiger partial charge is 0.467 e. The van der Waals surface area contributed by atoms with Crippen molar-refractivity contribution in [1.82, 2.24) is 0 Å². The number of rotatable bonds is 6. The predicted molar refractivity (Wildman–Crippen MR) is 75.1 cm³/mol. The first-order valence-electron chi connectivity index (χ1n) is 7.02. The van der Waals surface area contributed by atoms with Crippen LogP contribution < -0.4 is 0 Å². The molecule has 2 rings (SSSR count). The van der Waals surface area contributed by atoms with Crippen LogP contribution in [0.2, 0.25) is 0 Å². The van der Waals surface area contributed by atoms with E-state index in [9.17, 15) is 4.79 Å². The van der Waals surface area contributed by atoms with Gasteiger partial charge in [-0.2, -0.15) is 0 Å². The SMILES string of the molecule is COCOC(C(=O)OC)(c1ccccc1)C1CCCC1. The molecule has 0 bridgehead atoms. The molecule has 0 aliphatic heterocycles. The maximum atomic E-state index is 12.5. The highest BCUT2D eigenvalue weighted by Gasteiger charge is 2.50. The molecule has 1 aromatic rings. The zero-order valence-corrected chi connectivity index (χ0v) is 12.1. The average molecular weight is 278 g/mol. The van der Waals surface area contributed by atoms with E-state index in [0.29, 0.717) is 0 Å². The summed E-state index contributed by atoms with van der Waals surface area (Å²) in [7, 11) is 2.97. The lowest BCUT2D eigenvalue weighted by Crippen LogP contribution is -2.46. The summed E-state index contributed by atoms with van der Waals surface area (Å²) in [5, 5.41) is 0. The Hall–Kier alpha value is -1.39. The highest BCUT2D eigenvalue weighted by molar-refractivity contribution is 5.82. The van der Waals surface area contributed by atoms with Gasteiger partial charge in [0.1, 0.15) is 6.79 Å². The molecule has 1 aromatic carbocycles. The quantitative estimate of drug-likeness (QED) is 0.593. The van der Waals surface area contributed by atoms with E-state index >= 15 is 0 Å². The van der Waals surface area contributed by atoms with Gasteiger partial charge in [0.15, 0.2) is 5.60 Å². The van der Waals surface area contributed by atoms with Gasteiger partial charge in [0.2, 0.25) is 0 Å². The maximum Gasteiger partial charge on any atom is 0.343 e. The minimum absolute atomic E-state index is 0.0699. The second-order valence-electron chi connectivity index (χ2n) is 5.13. The number of hydrogen-bond acceptors (Lipinski definition) is 4. The van der Waals surface area contributed by atoms with Gasteiger partial charge in [-0.1, -0.05) is 43.2 Å². The topological polar surface area (TPSA) is 44.8 Å². The third kappa shape index (κ3) is 2.72. The van der Waals surface area contributed by atoms with Crippen LogP contribution in [0.5, 0.6) is 0 Å². The molecule has 4 heteroatoms. The van der Waals surface area contributed by atoms with E-state index in [1.54, 1.807) is 7.11 Å². The van der Waals surface area contributed by atoms with Crippen LogP contribution in [0, 0.1) is 5.92 Å². The number of benzene rings is 1. The minimum Gasteiger partial charge on any atom is -0.467 e. The Morgan fingerprint density at radius 2 is 1.85 bits per heavy atom. The second kappa shape index (κ2) is 6.86. The molecule has 0 N–H and O–H groups in total. The van der Waals surface area contributed by atoms with Crippen LogP contribution in [0.1, 0.15) is 31.2 Å². The van der Waals surface area contributed by atoms with Crippen molar-refractivity contribution in [3.05, 3.63) is 35.9 Å². The summed E-state index contributed by atoms with van der Waals surface area (Å²) in [6, 6.07) is 9.60. The van der Waals surface area contributed by atoms with Crippen molar-refractivity contribution in [1.29, 1.82) is 0 Å². The molecule has 0 amide bonds. The molecular formula is C16H22O4. The Kier molecular flexibility index (Phi) is 5.15. The van der Waals surface area contributed by atoms with Gasteiger partial charge in [0.05, 0.1) is 7.11 Å². The van der Waals surface area contributed by atoms with E-state index in [2.05, 4.69) is 0 Å². The van der Waals surface area contributed by atoms with Crippen LogP contribution in [-0.4, -0.2) is 27.0 Å². The normalized spacial score (nSPS) is 18.7. The van der Waals surface area contributed by atoms with Crippen LogP contribution in [0.15, 0.2) is 30.3 Å². The first-order chi connectivity index (χ1) is 9.75. The van der Waals surface area contributed by atoms with Crippen molar-refractivity contribution in [3.8, 4) is 0 Å². The predicted octanol–water partition coefficient (Wildman–Crippen LogP) is 2.87. The highest BCUT2D eigenvalue weighted by atomic mass is 16.7. The molecule has 4 nitrogen and oxygen atoms in total. The molecule has 1 saturated carbocycles. The third-order valence-corrected chi connectivity index (χ3v) is 4.03. The summed E-state index contributed by atoms with van der Waals surface area (Å²) in [4.78, 5) is 12.5. The van der Waals surface area contributed by atoms with Gasteiger partial charge in [-0.25, -0.2) is 4.79 Å². The molecule has 20 heavy (non-hydrogen) atoms. The Morgan fingerprint density at radius 3 is 2.40 bits per heavy atom. The van der Waals surface area contributed by atoms with Crippen molar-refractivity contribution in [2.75, 3.05) is 21.0 Å². The molecule has 1 fully saturated rings. The molecule has 1 unspecified atom stereocenters. The number of carbonyl (C=O) groups excluding carboxylic acids is 1. The van der Waals surface area contributed by atoms with Gasteiger partial charge in [0, 0.05) is 13.0 Å². The fourth-order valence-corrected chi connectivity index (χ4v) is 3.10. The molecule has 0 saturated heterocycles. The average Bonchev–Trinajstić information content (AvgIpc) is 3.03. The van der Waals surface area contributed by atoms with Gasteiger partial charge in [-0.3, -0.25) is 0 Å². The zero-order valence-electron chi connectivity index (χ0n) is 12.1. The fraction of sp³-hybridized carbons (Fsp3) is 0.562. The van der Waals surface area contributed by atoms with Crippen molar-refractivity contribution in [3.63, 3.8) is 0 Å². The van der Waals surface area contributed by atoms with E-state index in [1.807, 2.05) is 30.3 Å². The molecule has 1 aliphatic carbocycles. The first-order valence-corrected chi connectivity index (χ1v) is 7.02. The first kappa shape index (κ1) is 15.0. The maximum absolute atomic E-state index is 12.5. The number of esters is 1. The van der Waals surface area contributed by atoms with Gasteiger partial charge in [0.25, 0.3) is 0 Å². The van der Waals surface area contributed by atoms with E-state index in [0.717, 1.165) is 31.2 Å². The molecule has 0 spiro atoms. The van der Waals surface area contributed by atoms with Crippen LogP contribution in [-0.2, 0) is 24.6 Å². The lowest BCUT2D eigenvalue weighted by Gasteiger charge is -2.36. The molecular weight excluding hydrogens is 256 g/mol. The summed E-state index contributed by atoms with van der Waals surface area (Å²) >= 11 is 0. The molecule has 0 heterocycles. The lowest BCUT2D eigenvalue weighted by molar-refractivity contribution is -0.200. The summed E-state index contributed by atoms with van der Waals surface area (Å²) in [6.45, 7) is 0.0699. The highest BCUT2D eigenvalue weighted by Crippen LogP contribution is 2.44. The van der Waals surface area contributed by atoms with Crippen LogP contribution in [0.25, 0.3) is 0 Å². The molecule has 1 aliphatic rings. The monoisotopic (exact) mass is 278 g/mol. The van der Waals surface area contributed by atoms with Gasteiger partial charge in [-0.05, 0) is 18.4 Å². The van der Waals surface area contributed by atoms with Crippen molar-refractivity contribution in [2.24, 2.45) is 5.92 Å². The zero-order chi connectivity index (χ0) is 14.4. The Labute approximate surface area is 120 Å². The fourth-order valence-electron chi connectivity index (χ4n) is 3.10. The van der Waals surface area contributed by atoms with Crippen LogP contribution in [0.4, 0.5) is 0 Å². The lowest BCUT2D eigenvalue weighted by atomic mass is 9.80. The number of hydrogen-bond donors (Lipinski definition) is 0. The van der Waals surface area contributed by atoms with Gasteiger partial charge in [-0.15, -0.1) is 0 Å². The number of carbonyl (C=O) groups is 1. The minimum atomic E-state index is -1.05. The van der Waals surface area contributed by atoms with E-state index in [-0.39, 0.29) is 18.7 Å². The Bertz CT molecular complexity index is 425. The summed E-state index contributed by atoms with van der Waals surface area (Å²) in [6.07, 6.45) is 4.17. The number of methoxy groups -OCH3 is 2. The van der Waals surface area contributed by atoms with E-state index in [1.165, 1.54) is 7.11 Å². The van der Waals surface area contributed by atoms with Crippen molar-refractivity contribution < 1.29 is 19.0 Å². The van der Waals surface area contributed by atoms with Gasteiger partial charge >= 0.3 is 5.97 Å². The van der Waals surface area contributed by atoms with Gasteiger partial charge < -0.3 is 14.2 Å². The summed E-state index contributed by atoms with van der Waals surface area (Å²) in [5.74, 6) is -0.208. The van der Waals surface area contributed by atoms with Crippen molar-refractivity contribution >= 4 is 5.97 Å².